The minimum Gasteiger partial charge on any atom is -0.497 e. The van der Waals surface area contributed by atoms with Crippen molar-refractivity contribution in [2.75, 3.05) is 20.2 Å². The molecule has 122 valence electrons. The molecular weight excluding hydrogens is 274 g/mol. The molecule has 1 saturated carbocycles. The Balaban J connectivity index is 2.04. The Morgan fingerprint density at radius 2 is 1.73 bits per heavy atom. The first-order valence-corrected chi connectivity index (χ1v) is 8.83. The first-order valence-electron chi connectivity index (χ1n) is 8.83. The number of hydrogen-bond donors (Lipinski definition) is 1. The Bertz CT molecular complexity index is 488. The zero-order valence-electron chi connectivity index (χ0n) is 13.8. The third-order valence-corrected chi connectivity index (χ3v) is 5.63. The molecule has 1 aliphatic heterocycles. The molecule has 2 fully saturated rings. The lowest BCUT2D eigenvalue weighted by Gasteiger charge is -2.49. The van der Waals surface area contributed by atoms with E-state index < -0.39 is 0 Å². The van der Waals surface area contributed by atoms with Crippen LogP contribution in [0.2, 0.25) is 0 Å². The number of aliphatic hydroxyl groups is 1. The molecule has 0 spiro atoms. The summed E-state index contributed by atoms with van der Waals surface area (Å²) in [7, 11) is 1.73. The van der Waals surface area contributed by atoms with Gasteiger partial charge in [0.15, 0.2) is 0 Å². The van der Waals surface area contributed by atoms with E-state index in [-0.39, 0.29) is 12.1 Å². The van der Waals surface area contributed by atoms with Crippen LogP contribution in [0.1, 0.15) is 62.5 Å². The molecule has 1 aromatic rings. The van der Waals surface area contributed by atoms with Crippen LogP contribution in [0.3, 0.4) is 0 Å². The van der Waals surface area contributed by atoms with Crippen LogP contribution in [0, 0.1) is 0 Å². The lowest BCUT2D eigenvalue weighted by molar-refractivity contribution is 0.0286. The maximum atomic E-state index is 9.87. The molecule has 1 aromatic carbocycles. The fourth-order valence-corrected chi connectivity index (χ4v) is 4.47. The molecule has 0 atom stereocenters. The predicted molar refractivity (Wildman–Crippen MR) is 89.1 cm³/mol. The number of rotatable bonds is 4. The van der Waals surface area contributed by atoms with Gasteiger partial charge in [0.05, 0.1) is 13.7 Å². The van der Waals surface area contributed by atoms with Crippen molar-refractivity contribution in [3.8, 4) is 5.75 Å². The molecule has 0 radical (unpaired) electrons. The molecule has 0 bridgehead atoms. The van der Waals surface area contributed by atoms with Crippen molar-refractivity contribution >= 4 is 0 Å². The molecule has 3 rings (SSSR count). The fraction of sp³-hybridized carbons (Fsp3) is 0.684. The van der Waals surface area contributed by atoms with Gasteiger partial charge < -0.3 is 9.84 Å². The van der Waals surface area contributed by atoms with E-state index in [1.807, 2.05) is 6.07 Å². The molecule has 1 saturated heterocycles. The number of benzene rings is 1. The lowest BCUT2D eigenvalue weighted by atomic mass is 9.73. The summed E-state index contributed by atoms with van der Waals surface area (Å²) in [6, 6.07) is 6.21. The highest BCUT2D eigenvalue weighted by Crippen LogP contribution is 2.45. The number of ether oxygens (including phenoxy) is 1. The Morgan fingerprint density at radius 1 is 1.05 bits per heavy atom. The maximum absolute atomic E-state index is 9.87. The van der Waals surface area contributed by atoms with E-state index in [1.165, 1.54) is 70.0 Å². The van der Waals surface area contributed by atoms with Crippen LogP contribution in [0.5, 0.6) is 5.75 Å². The number of nitrogens with zero attached hydrogens (tertiary/aromatic N) is 1. The quantitative estimate of drug-likeness (QED) is 0.917. The van der Waals surface area contributed by atoms with Gasteiger partial charge in [0.2, 0.25) is 0 Å². The summed E-state index contributed by atoms with van der Waals surface area (Å²) >= 11 is 0. The van der Waals surface area contributed by atoms with Crippen molar-refractivity contribution < 1.29 is 9.84 Å². The van der Waals surface area contributed by atoms with Gasteiger partial charge >= 0.3 is 0 Å². The van der Waals surface area contributed by atoms with Crippen LogP contribution in [-0.4, -0.2) is 30.2 Å². The standard InChI is InChI=1S/C19H29NO2/c1-22-17-9-8-16(15-21)18(14-17)19(10-4-2-5-11-19)20-12-6-3-7-13-20/h8-9,14,21H,2-7,10-13,15H2,1H3. The SMILES string of the molecule is COc1ccc(CO)c(C2(N3CCCCC3)CCCCC2)c1. The second-order valence-corrected chi connectivity index (χ2v) is 6.82. The average Bonchev–Trinajstić information content (AvgIpc) is 2.62. The van der Waals surface area contributed by atoms with Crippen LogP contribution >= 0.6 is 0 Å². The van der Waals surface area contributed by atoms with Crippen molar-refractivity contribution in [2.24, 2.45) is 0 Å². The van der Waals surface area contributed by atoms with Crippen molar-refractivity contribution in [3.05, 3.63) is 29.3 Å². The highest BCUT2D eigenvalue weighted by atomic mass is 16.5. The van der Waals surface area contributed by atoms with E-state index in [1.54, 1.807) is 7.11 Å². The summed E-state index contributed by atoms with van der Waals surface area (Å²) in [5.41, 5.74) is 2.51. The molecule has 0 unspecified atom stereocenters. The second-order valence-electron chi connectivity index (χ2n) is 6.82. The summed E-state index contributed by atoms with van der Waals surface area (Å²) in [5, 5.41) is 9.87. The van der Waals surface area contributed by atoms with E-state index in [0.29, 0.717) is 0 Å². The van der Waals surface area contributed by atoms with Gasteiger partial charge in [0.1, 0.15) is 5.75 Å². The van der Waals surface area contributed by atoms with Gasteiger partial charge in [0, 0.05) is 5.54 Å². The zero-order chi connectivity index (χ0) is 15.4. The summed E-state index contributed by atoms with van der Waals surface area (Å²) in [4.78, 5) is 2.71. The zero-order valence-corrected chi connectivity index (χ0v) is 13.8. The number of piperidine rings is 1. The monoisotopic (exact) mass is 303 g/mol. The van der Waals surface area contributed by atoms with Crippen molar-refractivity contribution in [1.82, 2.24) is 4.90 Å². The molecule has 0 amide bonds. The highest BCUT2D eigenvalue weighted by Gasteiger charge is 2.41. The Hall–Kier alpha value is -1.06. The number of methoxy groups -OCH3 is 1. The summed E-state index contributed by atoms with van der Waals surface area (Å²) in [5.74, 6) is 0.911. The molecule has 1 heterocycles. The van der Waals surface area contributed by atoms with Crippen molar-refractivity contribution in [1.29, 1.82) is 0 Å². The number of likely N-dealkylation sites (tertiary alicyclic amines) is 1. The second kappa shape index (κ2) is 7.01. The molecule has 3 heteroatoms. The minimum atomic E-state index is 0.116. The van der Waals surface area contributed by atoms with E-state index >= 15 is 0 Å². The van der Waals surface area contributed by atoms with Gasteiger partial charge in [-0.2, -0.15) is 0 Å². The van der Waals surface area contributed by atoms with Crippen LogP contribution < -0.4 is 4.74 Å². The van der Waals surface area contributed by atoms with E-state index in [4.69, 9.17) is 4.74 Å². The van der Waals surface area contributed by atoms with Crippen molar-refractivity contribution in [2.45, 2.75) is 63.5 Å². The smallest absolute Gasteiger partial charge is 0.119 e. The summed E-state index contributed by atoms with van der Waals surface area (Å²) in [6.45, 7) is 2.51. The Morgan fingerprint density at radius 3 is 2.36 bits per heavy atom. The van der Waals surface area contributed by atoms with Gasteiger partial charge in [-0.05, 0) is 62.0 Å². The molecule has 0 aromatic heterocycles. The molecule has 2 aliphatic rings. The Labute approximate surface area is 134 Å². The number of aliphatic hydroxyl groups excluding tert-OH is 1. The fourth-order valence-electron chi connectivity index (χ4n) is 4.47. The average molecular weight is 303 g/mol. The molecule has 1 N–H and O–H groups in total. The summed E-state index contributed by atoms with van der Waals surface area (Å²) in [6.07, 6.45) is 10.3. The van der Waals surface area contributed by atoms with E-state index in [2.05, 4.69) is 17.0 Å². The minimum absolute atomic E-state index is 0.116. The highest BCUT2D eigenvalue weighted by molar-refractivity contribution is 5.40. The summed E-state index contributed by atoms with van der Waals surface area (Å²) < 4.78 is 5.48. The van der Waals surface area contributed by atoms with Crippen molar-refractivity contribution in [3.63, 3.8) is 0 Å². The largest absolute Gasteiger partial charge is 0.497 e. The van der Waals surface area contributed by atoms with Gasteiger partial charge in [-0.15, -0.1) is 0 Å². The van der Waals surface area contributed by atoms with Crippen LogP contribution in [-0.2, 0) is 12.1 Å². The van der Waals surface area contributed by atoms with E-state index in [9.17, 15) is 5.11 Å². The normalized spacial score (nSPS) is 22.5. The molecular formula is C19H29NO2. The van der Waals surface area contributed by atoms with Gasteiger partial charge in [-0.1, -0.05) is 31.7 Å². The third-order valence-electron chi connectivity index (χ3n) is 5.63. The van der Waals surface area contributed by atoms with Crippen LogP contribution in [0.15, 0.2) is 18.2 Å². The number of hydrogen-bond acceptors (Lipinski definition) is 3. The third kappa shape index (κ3) is 2.89. The lowest BCUT2D eigenvalue weighted by Crippen LogP contribution is -2.50. The predicted octanol–water partition coefficient (Wildman–Crippen LogP) is 3.83. The first-order chi connectivity index (χ1) is 10.8. The van der Waals surface area contributed by atoms with E-state index in [0.717, 1.165) is 11.3 Å². The van der Waals surface area contributed by atoms with Gasteiger partial charge in [-0.25, -0.2) is 0 Å². The van der Waals surface area contributed by atoms with Crippen LogP contribution in [0.4, 0.5) is 0 Å². The topological polar surface area (TPSA) is 32.7 Å². The van der Waals surface area contributed by atoms with Gasteiger partial charge in [0.25, 0.3) is 0 Å². The molecule has 22 heavy (non-hydrogen) atoms. The molecule has 1 aliphatic carbocycles. The van der Waals surface area contributed by atoms with Crippen LogP contribution in [0.25, 0.3) is 0 Å². The van der Waals surface area contributed by atoms with Gasteiger partial charge in [-0.3, -0.25) is 4.90 Å². The Kier molecular flexibility index (Phi) is 5.04. The first kappa shape index (κ1) is 15.8. The molecule has 3 nitrogen and oxygen atoms in total. The maximum Gasteiger partial charge on any atom is 0.119 e.